The lowest BCUT2D eigenvalue weighted by Gasteiger charge is -2.29. The lowest BCUT2D eigenvalue weighted by molar-refractivity contribution is -0.141. The number of piperidine rings is 1. The number of anilines is 1. The third-order valence-electron chi connectivity index (χ3n) is 3.44. The van der Waals surface area contributed by atoms with Crippen molar-refractivity contribution in [2.45, 2.75) is 38.4 Å². The van der Waals surface area contributed by atoms with Gasteiger partial charge in [-0.2, -0.15) is 13.2 Å². The zero-order chi connectivity index (χ0) is 15.5. The maximum Gasteiger partial charge on any atom is 0.433 e. The lowest BCUT2D eigenvalue weighted by atomic mass is 10.1. The largest absolute Gasteiger partial charge is 0.433 e. The molecule has 1 atom stereocenters. The average molecular weight is 301 g/mol. The Balaban J connectivity index is 2.02. The Morgan fingerprint density at radius 1 is 1.29 bits per heavy atom. The van der Waals surface area contributed by atoms with E-state index >= 15 is 0 Å². The van der Waals surface area contributed by atoms with E-state index < -0.39 is 17.9 Å². The summed E-state index contributed by atoms with van der Waals surface area (Å²) in [6.07, 6.45) is -1.43. The number of carbonyl (C=O) groups excluding carboxylic acids is 1. The number of halogens is 3. The van der Waals surface area contributed by atoms with E-state index in [1.54, 1.807) is 11.8 Å². The van der Waals surface area contributed by atoms with Gasteiger partial charge in [0.2, 0.25) is 5.91 Å². The van der Waals surface area contributed by atoms with E-state index in [4.69, 9.17) is 0 Å². The number of hydrogen-bond donors (Lipinski definition) is 1. The van der Waals surface area contributed by atoms with Crippen molar-refractivity contribution < 1.29 is 18.0 Å². The van der Waals surface area contributed by atoms with E-state index in [0.29, 0.717) is 13.1 Å². The highest BCUT2D eigenvalue weighted by atomic mass is 19.4. The molecule has 1 aliphatic heterocycles. The van der Waals surface area contributed by atoms with Gasteiger partial charge >= 0.3 is 6.18 Å². The summed E-state index contributed by atoms with van der Waals surface area (Å²) in [5.74, 6) is -0.0448. The fourth-order valence-corrected chi connectivity index (χ4v) is 2.34. The second kappa shape index (κ2) is 6.32. The molecule has 0 radical (unpaired) electrons. The summed E-state index contributed by atoms with van der Waals surface area (Å²) in [7, 11) is 0. The van der Waals surface area contributed by atoms with Gasteiger partial charge in [0.25, 0.3) is 0 Å². The van der Waals surface area contributed by atoms with Crippen molar-refractivity contribution >= 4 is 11.7 Å². The van der Waals surface area contributed by atoms with Gasteiger partial charge in [0.15, 0.2) is 0 Å². The van der Waals surface area contributed by atoms with Gasteiger partial charge in [0.05, 0.1) is 0 Å². The zero-order valence-electron chi connectivity index (χ0n) is 11.8. The maximum absolute atomic E-state index is 12.6. The monoisotopic (exact) mass is 301 g/mol. The fourth-order valence-electron chi connectivity index (χ4n) is 2.34. The van der Waals surface area contributed by atoms with Gasteiger partial charge in [-0.05, 0) is 38.3 Å². The van der Waals surface area contributed by atoms with Crippen molar-refractivity contribution in [3.8, 4) is 0 Å². The van der Waals surface area contributed by atoms with E-state index in [9.17, 15) is 18.0 Å². The Bertz CT molecular complexity index is 498. The van der Waals surface area contributed by atoms with Crippen LogP contribution >= 0.6 is 0 Å². The predicted molar refractivity (Wildman–Crippen MR) is 72.8 cm³/mol. The van der Waals surface area contributed by atoms with Crippen LogP contribution in [-0.4, -0.2) is 34.9 Å². The molecule has 0 saturated carbocycles. The number of nitrogens with zero attached hydrogens (tertiary/aromatic N) is 2. The molecule has 4 nitrogen and oxygen atoms in total. The molecule has 0 aliphatic carbocycles. The van der Waals surface area contributed by atoms with Gasteiger partial charge in [0.1, 0.15) is 17.6 Å². The third kappa shape index (κ3) is 4.09. The molecule has 1 N–H and O–H groups in total. The first-order valence-electron chi connectivity index (χ1n) is 6.97. The first kappa shape index (κ1) is 15.6. The summed E-state index contributed by atoms with van der Waals surface area (Å²) < 4.78 is 37.8. The number of aromatic nitrogens is 1. The normalized spacial score (nSPS) is 17.4. The highest BCUT2D eigenvalue weighted by molar-refractivity contribution is 5.84. The van der Waals surface area contributed by atoms with Crippen LogP contribution in [0.5, 0.6) is 0 Å². The van der Waals surface area contributed by atoms with E-state index in [0.717, 1.165) is 25.3 Å². The van der Waals surface area contributed by atoms with Crippen LogP contribution in [0.3, 0.4) is 0 Å². The average Bonchev–Trinajstić information content (AvgIpc) is 2.47. The van der Waals surface area contributed by atoms with Crippen molar-refractivity contribution in [3.05, 3.63) is 23.9 Å². The molecule has 1 amide bonds. The molecule has 1 aromatic rings. The quantitative estimate of drug-likeness (QED) is 0.933. The van der Waals surface area contributed by atoms with Gasteiger partial charge in [-0.3, -0.25) is 4.79 Å². The standard InChI is InChI=1S/C14H18F3N3O/c1-10(13(21)20-8-3-2-4-9-20)18-12-7-5-6-11(19-12)14(15,16)17/h5-7,10H,2-4,8-9H2,1H3,(H,18,19). The van der Waals surface area contributed by atoms with Crippen LogP contribution in [0.15, 0.2) is 18.2 Å². The molecule has 0 bridgehead atoms. The van der Waals surface area contributed by atoms with Gasteiger partial charge in [-0.15, -0.1) is 0 Å². The minimum Gasteiger partial charge on any atom is -0.359 e. The summed E-state index contributed by atoms with van der Waals surface area (Å²) in [6.45, 7) is 3.06. The summed E-state index contributed by atoms with van der Waals surface area (Å²) in [5.41, 5.74) is -0.967. The molecule has 1 saturated heterocycles. The van der Waals surface area contributed by atoms with Crippen LogP contribution < -0.4 is 5.32 Å². The molecule has 1 aliphatic rings. The molecule has 2 heterocycles. The molecular weight excluding hydrogens is 283 g/mol. The van der Waals surface area contributed by atoms with Crippen LogP contribution in [0.1, 0.15) is 31.9 Å². The molecule has 21 heavy (non-hydrogen) atoms. The molecular formula is C14H18F3N3O. The molecule has 116 valence electrons. The number of rotatable bonds is 3. The van der Waals surface area contributed by atoms with Gasteiger partial charge < -0.3 is 10.2 Å². The van der Waals surface area contributed by atoms with Crippen LogP contribution in [-0.2, 0) is 11.0 Å². The topological polar surface area (TPSA) is 45.2 Å². The van der Waals surface area contributed by atoms with Gasteiger partial charge in [-0.25, -0.2) is 4.98 Å². The third-order valence-corrected chi connectivity index (χ3v) is 3.44. The van der Waals surface area contributed by atoms with Gasteiger partial charge in [-0.1, -0.05) is 6.07 Å². The minimum absolute atomic E-state index is 0.0580. The first-order valence-corrected chi connectivity index (χ1v) is 6.97. The molecule has 0 spiro atoms. The Hall–Kier alpha value is -1.79. The number of alkyl halides is 3. The SMILES string of the molecule is CC(Nc1cccc(C(F)(F)F)n1)C(=O)N1CCCCC1. The van der Waals surface area contributed by atoms with Crippen LogP contribution in [0.25, 0.3) is 0 Å². The molecule has 0 aromatic carbocycles. The fraction of sp³-hybridized carbons (Fsp3) is 0.571. The smallest absolute Gasteiger partial charge is 0.359 e. The van der Waals surface area contributed by atoms with Crippen LogP contribution in [0, 0.1) is 0 Å². The molecule has 7 heteroatoms. The van der Waals surface area contributed by atoms with Crippen molar-refractivity contribution in [1.29, 1.82) is 0 Å². The van der Waals surface area contributed by atoms with Crippen molar-refractivity contribution in [1.82, 2.24) is 9.88 Å². The Kier molecular flexibility index (Phi) is 4.69. The van der Waals surface area contributed by atoms with E-state index in [1.165, 1.54) is 12.1 Å². The number of hydrogen-bond acceptors (Lipinski definition) is 3. The molecule has 2 rings (SSSR count). The lowest BCUT2D eigenvalue weighted by Crippen LogP contribution is -2.44. The van der Waals surface area contributed by atoms with E-state index in [1.807, 2.05) is 0 Å². The predicted octanol–water partition coefficient (Wildman–Crippen LogP) is 2.91. The summed E-state index contributed by atoms with van der Waals surface area (Å²) in [4.78, 5) is 17.4. The highest BCUT2D eigenvalue weighted by Crippen LogP contribution is 2.28. The number of nitrogens with one attached hydrogen (secondary N) is 1. The number of carbonyl (C=O) groups is 1. The summed E-state index contributed by atoms with van der Waals surface area (Å²) in [5, 5.41) is 2.75. The van der Waals surface area contributed by atoms with Crippen molar-refractivity contribution in [2.24, 2.45) is 0 Å². The Morgan fingerprint density at radius 2 is 1.95 bits per heavy atom. The first-order chi connectivity index (χ1) is 9.88. The maximum atomic E-state index is 12.6. The zero-order valence-corrected chi connectivity index (χ0v) is 11.8. The summed E-state index contributed by atoms with van der Waals surface area (Å²) in [6, 6.07) is 3.01. The second-order valence-corrected chi connectivity index (χ2v) is 5.16. The Morgan fingerprint density at radius 3 is 2.57 bits per heavy atom. The molecule has 1 fully saturated rings. The Labute approximate surface area is 121 Å². The molecule has 1 aromatic heterocycles. The van der Waals surface area contributed by atoms with Crippen LogP contribution in [0.4, 0.5) is 19.0 Å². The number of likely N-dealkylation sites (tertiary alicyclic amines) is 1. The second-order valence-electron chi connectivity index (χ2n) is 5.16. The van der Waals surface area contributed by atoms with E-state index in [2.05, 4.69) is 10.3 Å². The van der Waals surface area contributed by atoms with Gasteiger partial charge in [0, 0.05) is 13.1 Å². The molecule has 1 unspecified atom stereocenters. The van der Waals surface area contributed by atoms with Crippen molar-refractivity contribution in [2.75, 3.05) is 18.4 Å². The van der Waals surface area contributed by atoms with Crippen molar-refractivity contribution in [3.63, 3.8) is 0 Å². The van der Waals surface area contributed by atoms with Crippen LogP contribution in [0.2, 0.25) is 0 Å². The highest BCUT2D eigenvalue weighted by Gasteiger charge is 2.32. The minimum atomic E-state index is -4.49. The summed E-state index contributed by atoms with van der Waals surface area (Å²) >= 11 is 0. The number of amides is 1. The van der Waals surface area contributed by atoms with E-state index in [-0.39, 0.29) is 11.7 Å². The number of pyridine rings is 1.